The van der Waals surface area contributed by atoms with Gasteiger partial charge in [0.1, 0.15) is 5.75 Å². The molecular formula is C17H25ClN2O4S. The molecule has 1 aliphatic heterocycles. The zero-order valence-electron chi connectivity index (χ0n) is 14.9. The van der Waals surface area contributed by atoms with Crippen molar-refractivity contribution in [1.82, 2.24) is 4.90 Å². The second-order valence-electron chi connectivity index (χ2n) is 6.46. The van der Waals surface area contributed by atoms with Crippen LogP contribution in [0.5, 0.6) is 5.75 Å². The van der Waals surface area contributed by atoms with Crippen LogP contribution >= 0.6 is 11.6 Å². The van der Waals surface area contributed by atoms with Gasteiger partial charge < -0.3 is 9.64 Å². The third kappa shape index (κ3) is 5.25. The number of nitrogens with zero attached hydrogens (tertiary/aromatic N) is 2. The first-order valence-corrected chi connectivity index (χ1v) is 10.5. The van der Waals surface area contributed by atoms with Crippen LogP contribution in [0.25, 0.3) is 0 Å². The third-order valence-electron chi connectivity index (χ3n) is 4.48. The lowest BCUT2D eigenvalue weighted by Gasteiger charge is -2.31. The molecule has 0 saturated carbocycles. The van der Waals surface area contributed by atoms with Crippen molar-refractivity contribution in [3.63, 3.8) is 0 Å². The van der Waals surface area contributed by atoms with E-state index in [-0.39, 0.29) is 18.9 Å². The summed E-state index contributed by atoms with van der Waals surface area (Å²) in [4.78, 5) is 14.3. The molecular weight excluding hydrogens is 364 g/mol. The van der Waals surface area contributed by atoms with Crippen LogP contribution in [0.3, 0.4) is 0 Å². The average molecular weight is 389 g/mol. The van der Waals surface area contributed by atoms with E-state index in [0.29, 0.717) is 22.4 Å². The molecule has 0 radical (unpaired) electrons. The number of likely N-dealkylation sites (tertiary alicyclic amines) is 1. The van der Waals surface area contributed by atoms with Crippen LogP contribution < -0.4 is 9.04 Å². The molecule has 1 aromatic rings. The summed E-state index contributed by atoms with van der Waals surface area (Å²) in [6.07, 6.45) is 3.21. The molecule has 0 bridgehead atoms. The van der Waals surface area contributed by atoms with E-state index < -0.39 is 10.0 Å². The second-order valence-corrected chi connectivity index (χ2v) is 8.81. The predicted molar refractivity (Wildman–Crippen MR) is 99.8 cm³/mol. The number of anilines is 1. The van der Waals surface area contributed by atoms with Crippen molar-refractivity contribution >= 4 is 33.2 Å². The number of ether oxygens (including phenoxy) is 1. The zero-order valence-corrected chi connectivity index (χ0v) is 16.4. The molecule has 140 valence electrons. The summed E-state index contributed by atoms with van der Waals surface area (Å²) in [5.41, 5.74) is 0.345. The Kier molecular flexibility index (Phi) is 6.57. The predicted octanol–water partition coefficient (Wildman–Crippen LogP) is 2.76. The van der Waals surface area contributed by atoms with Crippen molar-refractivity contribution in [1.29, 1.82) is 0 Å². The summed E-state index contributed by atoms with van der Waals surface area (Å²) in [5.74, 6) is 1.00. The number of halogens is 1. The normalized spacial score (nSPS) is 15.9. The molecule has 8 heteroatoms. The van der Waals surface area contributed by atoms with Crippen LogP contribution in [-0.2, 0) is 14.8 Å². The largest absolute Gasteiger partial charge is 0.495 e. The molecule has 0 atom stereocenters. The lowest BCUT2D eigenvalue weighted by atomic mass is 9.99. The average Bonchev–Trinajstić information content (AvgIpc) is 2.54. The van der Waals surface area contributed by atoms with Gasteiger partial charge >= 0.3 is 0 Å². The van der Waals surface area contributed by atoms with Crippen molar-refractivity contribution in [2.75, 3.05) is 37.3 Å². The Balaban J connectivity index is 2.14. The number of methoxy groups -OCH3 is 1. The van der Waals surface area contributed by atoms with Gasteiger partial charge in [0, 0.05) is 31.1 Å². The van der Waals surface area contributed by atoms with E-state index in [2.05, 4.69) is 6.92 Å². The number of piperidine rings is 1. The maximum atomic E-state index is 12.4. The molecule has 25 heavy (non-hydrogen) atoms. The summed E-state index contributed by atoms with van der Waals surface area (Å²) >= 11 is 6.01. The number of rotatable bonds is 6. The van der Waals surface area contributed by atoms with E-state index in [1.165, 1.54) is 17.5 Å². The summed E-state index contributed by atoms with van der Waals surface area (Å²) in [5, 5.41) is 0.404. The fourth-order valence-corrected chi connectivity index (χ4v) is 4.03. The van der Waals surface area contributed by atoms with Crippen molar-refractivity contribution in [3.05, 3.63) is 23.2 Å². The smallest absolute Gasteiger partial charge is 0.232 e. The van der Waals surface area contributed by atoms with Gasteiger partial charge in [0.2, 0.25) is 15.9 Å². The highest BCUT2D eigenvalue weighted by Crippen LogP contribution is 2.33. The molecule has 2 rings (SSSR count). The molecule has 0 spiro atoms. The number of hydrogen-bond acceptors (Lipinski definition) is 4. The molecule has 0 aromatic heterocycles. The maximum absolute atomic E-state index is 12.4. The number of amides is 1. The fourth-order valence-electron chi connectivity index (χ4n) is 2.94. The molecule has 1 heterocycles. The number of carbonyl (C=O) groups is 1. The molecule has 0 aliphatic carbocycles. The monoisotopic (exact) mass is 388 g/mol. The quantitative estimate of drug-likeness (QED) is 0.751. The molecule has 1 aromatic carbocycles. The second kappa shape index (κ2) is 8.27. The Morgan fingerprint density at radius 2 is 2.00 bits per heavy atom. The van der Waals surface area contributed by atoms with Crippen LogP contribution in [0.15, 0.2) is 18.2 Å². The van der Waals surface area contributed by atoms with Crippen LogP contribution in [0.1, 0.15) is 26.2 Å². The number of carbonyl (C=O) groups excluding carboxylic acids is 1. The molecule has 1 fully saturated rings. The van der Waals surface area contributed by atoms with Crippen LogP contribution in [0.2, 0.25) is 5.02 Å². The third-order valence-corrected chi connectivity index (χ3v) is 5.89. The fraction of sp³-hybridized carbons (Fsp3) is 0.588. The minimum Gasteiger partial charge on any atom is -0.495 e. The molecule has 0 N–H and O–H groups in total. The Hall–Kier alpha value is -1.47. The summed E-state index contributed by atoms with van der Waals surface area (Å²) in [6, 6.07) is 4.78. The van der Waals surface area contributed by atoms with Gasteiger partial charge in [-0.25, -0.2) is 8.42 Å². The maximum Gasteiger partial charge on any atom is 0.232 e. The first-order chi connectivity index (χ1) is 11.7. The first kappa shape index (κ1) is 19.8. The van der Waals surface area contributed by atoms with E-state index >= 15 is 0 Å². The number of hydrogen-bond donors (Lipinski definition) is 0. The summed E-state index contributed by atoms with van der Waals surface area (Å²) in [7, 11) is -2.11. The van der Waals surface area contributed by atoms with Gasteiger partial charge in [-0.1, -0.05) is 18.5 Å². The molecule has 0 unspecified atom stereocenters. The van der Waals surface area contributed by atoms with Crippen molar-refractivity contribution in [3.8, 4) is 5.75 Å². The van der Waals surface area contributed by atoms with Crippen molar-refractivity contribution in [2.24, 2.45) is 5.92 Å². The Morgan fingerprint density at radius 3 is 2.56 bits per heavy atom. The van der Waals surface area contributed by atoms with E-state index in [0.717, 1.165) is 32.2 Å². The van der Waals surface area contributed by atoms with Crippen LogP contribution in [0.4, 0.5) is 5.69 Å². The highest BCUT2D eigenvalue weighted by Gasteiger charge is 2.25. The molecule has 1 aliphatic rings. The minimum atomic E-state index is -3.58. The van der Waals surface area contributed by atoms with E-state index in [9.17, 15) is 13.2 Å². The number of benzene rings is 1. The standard InChI is InChI=1S/C17H25ClN2O4S/c1-13-6-9-19(10-7-13)17(21)8-11-20(25(3,22)23)15-12-14(18)4-5-16(15)24-2/h4-5,12-13H,6-11H2,1-3H3. The zero-order chi connectivity index (χ0) is 18.6. The van der Waals surface area contributed by atoms with Crippen molar-refractivity contribution in [2.45, 2.75) is 26.2 Å². The van der Waals surface area contributed by atoms with Gasteiger partial charge in [-0.2, -0.15) is 0 Å². The van der Waals surface area contributed by atoms with Gasteiger partial charge in [-0.05, 0) is 37.0 Å². The van der Waals surface area contributed by atoms with Gasteiger partial charge in [0.25, 0.3) is 0 Å². The van der Waals surface area contributed by atoms with Gasteiger partial charge in [-0.3, -0.25) is 9.10 Å². The van der Waals surface area contributed by atoms with Gasteiger partial charge in [-0.15, -0.1) is 0 Å². The molecule has 6 nitrogen and oxygen atoms in total. The lowest BCUT2D eigenvalue weighted by Crippen LogP contribution is -2.40. The van der Waals surface area contributed by atoms with Gasteiger partial charge in [0.05, 0.1) is 19.1 Å². The molecule has 1 saturated heterocycles. The Morgan fingerprint density at radius 1 is 1.36 bits per heavy atom. The summed E-state index contributed by atoms with van der Waals surface area (Å²) in [6.45, 7) is 3.71. The van der Waals surface area contributed by atoms with E-state index in [4.69, 9.17) is 16.3 Å². The Bertz CT molecular complexity index is 715. The topological polar surface area (TPSA) is 66.9 Å². The van der Waals surface area contributed by atoms with Crippen LogP contribution in [0, 0.1) is 5.92 Å². The highest BCUT2D eigenvalue weighted by molar-refractivity contribution is 7.92. The lowest BCUT2D eigenvalue weighted by molar-refractivity contribution is -0.132. The number of sulfonamides is 1. The van der Waals surface area contributed by atoms with Gasteiger partial charge in [0.15, 0.2) is 0 Å². The van der Waals surface area contributed by atoms with Crippen molar-refractivity contribution < 1.29 is 17.9 Å². The Labute approximate surface area is 154 Å². The van der Waals surface area contributed by atoms with E-state index in [1.807, 2.05) is 4.90 Å². The highest BCUT2D eigenvalue weighted by atomic mass is 35.5. The molecule has 1 amide bonds. The minimum absolute atomic E-state index is 0.0263. The first-order valence-electron chi connectivity index (χ1n) is 8.31. The SMILES string of the molecule is COc1ccc(Cl)cc1N(CCC(=O)N1CCC(C)CC1)S(C)(=O)=O. The van der Waals surface area contributed by atoms with E-state index in [1.54, 1.807) is 12.1 Å². The van der Waals surface area contributed by atoms with Crippen LogP contribution in [-0.4, -0.2) is 52.2 Å². The summed E-state index contributed by atoms with van der Waals surface area (Å²) < 4.78 is 30.9.